The number of nitrogens with one attached hydrogen (secondary N) is 2. The average molecular weight is 239 g/mol. The van der Waals surface area contributed by atoms with Gasteiger partial charge in [0.15, 0.2) is 0 Å². The van der Waals surface area contributed by atoms with E-state index < -0.39 is 0 Å². The van der Waals surface area contributed by atoms with Gasteiger partial charge in [0.25, 0.3) is 0 Å². The first-order valence-corrected chi connectivity index (χ1v) is 5.25. The fourth-order valence-corrected chi connectivity index (χ4v) is 2.51. The maximum Gasteiger partial charge on any atom is 0.0931 e. The maximum atomic E-state index is 5.85. The molecular weight excluding hydrogens is 227 g/mol. The standard InChI is InChI=1S/C8H11ClN2S.ClH/c9-8-2-1-7(12-8)6-5-10-3-4-11-6;/h1-2,6,10-11H,3-5H2;1H/t6-;/m1./s1. The number of thiophene rings is 1. The third-order valence-electron chi connectivity index (χ3n) is 1.98. The monoisotopic (exact) mass is 238 g/mol. The van der Waals surface area contributed by atoms with Gasteiger partial charge in [-0.1, -0.05) is 11.6 Å². The van der Waals surface area contributed by atoms with Crippen LogP contribution in [0.3, 0.4) is 0 Å². The molecule has 13 heavy (non-hydrogen) atoms. The predicted octanol–water partition coefficient (Wildman–Crippen LogP) is 2.06. The fourth-order valence-electron chi connectivity index (χ4n) is 1.37. The molecule has 0 bridgehead atoms. The summed E-state index contributed by atoms with van der Waals surface area (Å²) in [5, 5.41) is 6.78. The van der Waals surface area contributed by atoms with Crippen molar-refractivity contribution in [2.45, 2.75) is 6.04 Å². The number of hydrogen-bond acceptors (Lipinski definition) is 3. The summed E-state index contributed by atoms with van der Waals surface area (Å²) in [5.41, 5.74) is 0. The molecule has 0 radical (unpaired) electrons. The van der Waals surface area contributed by atoms with Gasteiger partial charge in [0, 0.05) is 24.5 Å². The minimum absolute atomic E-state index is 0. The molecule has 2 heterocycles. The van der Waals surface area contributed by atoms with E-state index in [1.54, 1.807) is 11.3 Å². The Morgan fingerprint density at radius 1 is 1.38 bits per heavy atom. The quantitative estimate of drug-likeness (QED) is 0.783. The molecule has 1 aliphatic rings. The molecule has 0 unspecified atom stereocenters. The van der Waals surface area contributed by atoms with Crippen LogP contribution in [0.25, 0.3) is 0 Å². The highest BCUT2D eigenvalue weighted by molar-refractivity contribution is 7.16. The third kappa shape index (κ3) is 2.82. The molecule has 0 amide bonds. The lowest BCUT2D eigenvalue weighted by Crippen LogP contribution is -2.42. The van der Waals surface area contributed by atoms with E-state index in [9.17, 15) is 0 Å². The molecule has 5 heteroatoms. The molecule has 2 rings (SSSR count). The summed E-state index contributed by atoms with van der Waals surface area (Å²) in [6.07, 6.45) is 0. The highest BCUT2D eigenvalue weighted by Crippen LogP contribution is 2.26. The van der Waals surface area contributed by atoms with E-state index in [1.807, 2.05) is 6.07 Å². The van der Waals surface area contributed by atoms with Gasteiger partial charge in [-0.25, -0.2) is 0 Å². The summed E-state index contributed by atoms with van der Waals surface area (Å²) >= 11 is 7.51. The molecule has 1 aromatic rings. The average Bonchev–Trinajstić information content (AvgIpc) is 2.54. The van der Waals surface area contributed by atoms with Gasteiger partial charge in [-0.15, -0.1) is 23.7 Å². The van der Waals surface area contributed by atoms with E-state index in [4.69, 9.17) is 11.6 Å². The molecule has 1 aliphatic heterocycles. The SMILES string of the molecule is Cl.Clc1ccc([C@H]2CNCCN2)s1. The van der Waals surface area contributed by atoms with Crippen LogP contribution in [-0.4, -0.2) is 19.6 Å². The normalized spacial score (nSPS) is 22.4. The van der Waals surface area contributed by atoms with E-state index in [1.165, 1.54) is 4.88 Å². The first kappa shape index (κ1) is 11.3. The second kappa shape index (κ2) is 5.17. The van der Waals surface area contributed by atoms with Crippen LogP contribution in [0, 0.1) is 0 Å². The smallest absolute Gasteiger partial charge is 0.0931 e. The Morgan fingerprint density at radius 3 is 2.77 bits per heavy atom. The second-order valence-electron chi connectivity index (χ2n) is 2.85. The molecule has 1 atom stereocenters. The zero-order chi connectivity index (χ0) is 8.39. The topological polar surface area (TPSA) is 24.1 Å². The molecular formula is C8H12Cl2N2S. The Kier molecular flexibility index (Phi) is 4.49. The Morgan fingerprint density at radius 2 is 2.23 bits per heavy atom. The van der Waals surface area contributed by atoms with Crippen molar-refractivity contribution in [3.63, 3.8) is 0 Å². The van der Waals surface area contributed by atoms with Crippen LogP contribution in [0.15, 0.2) is 12.1 Å². The lowest BCUT2D eigenvalue weighted by molar-refractivity contribution is 0.435. The Bertz CT molecular complexity index is 258. The van der Waals surface area contributed by atoms with E-state index in [2.05, 4.69) is 16.7 Å². The Balaban J connectivity index is 0.000000845. The van der Waals surface area contributed by atoms with Gasteiger partial charge in [-0.3, -0.25) is 0 Å². The minimum Gasteiger partial charge on any atom is -0.314 e. The largest absolute Gasteiger partial charge is 0.314 e. The molecule has 0 aromatic carbocycles. The van der Waals surface area contributed by atoms with E-state index in [0.717, 1.165) is 24.0 Å². The van der Waals surface area contributed by atoms with Crippen molar-refractivity contribution in [2.75, 3.05) is 19.6 Å². The number of piperazine rings is 1. The van der Waals surface area contributed by atoms with Crippen LogP contribution in [0.5, 0.6) is 0 Å². The first-order chi connectivity index (χ1) is 5.86. The van der Waals surface area contributed by atoms with Crippen molar-refractivity contribution in [1.29, 1.82) is 0 Å². The summed E-state index contributed by atoms with van der Waals surface area (Å²) in [7, 11) is 0. The van der Waals surface area contributed by atoms with Crippen molar-refractivity contribution in [3.05, 3.63) is 21.3 Å². The fraction of sp³-hybridized carbons (Fsp3) is 0.500. The second-order valence-corrected chi connectivity index (χ2v) is 4.60. The molecule has 2 N–H and O–H groups in total. The van der Waals surface area contributed by atoms with Crippen LogP contribution >= 0.6 is 35.3 Å². The summed E-state index contributed by atoms with van der Waals surface area (Å²) in [6.45, 7) is 3.12. The van der Waals surface area contributed by atoms with E-state index in [0.29, 0.717) is 6.04 Å². The van der Waals surface area contributed by atoms with Crippen molar-refractivity contribution < 1.29 is 0 Å². The van der Waals surface area contributed by atoms with Crippen molar-refractivity contribution >= 4 is 35.3 Å². The van der Waals surface area contributed by atoms with Gasteiger partial charge < -0.3 is 10.6 Å². The summed E-state index contributed by atoms with van der Waals surface area (Å²) in [4.78, 5) is 1.33. The molecule has 0 aliphatic carbocycles. The van der Waals surface area contributed by atoms with E-state index >= 15 is 0 Å². The van der Waals surface area contributed by atoms with Gasteiger partial charge in [-0.2, -0.15) is 0 Å². The number of hydrogen-bond donors (Lipinski definition) is 2. The first-order valence-electron chi connectivity index (χ1n) is 4.05. The molecule has 0 spiro atoms. The van der Waals surface area contributed by atoms with Crippen LogP contribution in [0.4, 0.5) is 0 Å². The third-order valence-corrected chi connectivity index (χ3v) is 3.32. The molecule has 1 saturated heterocycles. The van der Waals surface area contributed by atoms with Crippen LogP contribution in [0.2, 0.25) is 4.34 Å². The molecule has 1 aromatic heterocycles. The molecule has 74 valence electrons. The summed E-state index contributed by atoms with van der Waals surface area (Å²) < 4.78 is 0.873. The number of rotatable bonds is 1. The van der Waals surface area contributed by atoms with Crippen molar-refractivity contribution in [2.24, 2.45) is 0 Å². The van der Waals surface area contributed by atoms with Crippen LogP contribution in [-0.2, 0) is 0 Å². The highest BCUT2D eigenvalue weighted by Gasteiger charge is 2.15. The highest BCUT2D eigenvalue weighted by atomic mass is 35.5. The molecule has 2 nitrogen and oxygen atoms in total. The minimum atomic E-state index is 0. The zero-order valence-corrected chi connectivity index (χ0v) is 9.44. The van der Waals surface area contributed by atoms with Crippen molar-refractivity contribution in [1.82, 2.24) is 10.6 Å². The summed E-state index contributed by atoms with van der Waals surface area (Å²) in [6, 6.07) is 4.51. The van der Waals surface area contributed by atoms with Crippen LogP contribution in [0.1, 0.15) is 10.9 Å². The van der Waals surface area contributed by atoms with Gasteiger partial charge in [0.05, 0.1) is 10.4 Å². The lowest BCUT2D eigenvalue weighted by Gasteiger charge is -2.23. The molecule has 1 fully saturated rings. The summed E-state index contributed by atoms with van der Waals surface area (Å²) in [5.74, 6) is 0. The van der Waals surface area contributed by atoms with Gasteiger partial charge in [0.2, 0.25) is 0 Å². The van der Waals surface area contributed by atoms with E-state index in [-0.39, 0.29) is 12.4 Å². The molecule has 0 saturated carbocycles. The van der Waals surface area contributed by atoms with Crippen LogP contribution < -0.4 is 10.6 Å². The lowest BCUT2D eigenvalue weighted by atomic mass is 10.2. The Labute approximate surface area is 93.1 Å². The zero-order valence-electron chi connectivity index (χ0n) is 7.05. The maximum absolute atomic E-state index is 5.85. The van der Waals surface area contributed by atoms with Gasteiger partial charge in [0.1, 0.15) is 0 Å². The predicted molar refractivity (Wildman–Crippen MR) is 60.2 cm³/mol. The van der Waals surface area contributed by atoms with Crippen molar-refractivity contribution in [3.8, 4) is 0 Å². The number of halogens is 2. The Hall–Kier alpha value is 0.200. The van der Waals surface area contributed by atoms with Gasteiger partial charge in [-0.05, 0) is 12.1 Å². The van der Waals surface area contributed by atoms with Gasteiger partial charge >= 0.3 is 0 Å².